The molecule has 1 aromatic carbocycles. The number of carboxylic acid groups (broad SMARTS) is 1. The molecule has 0 heterocycles. The molecule has 0 radical (unpaired) electrons. The Morgan fingerprint density at radius 1 is 1.17 bits per heavy atom. The standard InChI is InChI=1S/C18H24N2O4/c1-11(2)9-15(18(23)24)20-17(22)14-5-3-12(4-6-14)10-19-16(21)13-7-8-13/h3-6,11,13,15H,7-10H2,1-2H3,(H,19,21)(H,20,22)(H,23,24). The van der Waals surface area contributed by atoms with Crippen LogP contribution in [0, 0.1) is 11.8 Å². The number of benzene rings is 1. The van der Waals surface area contributed by atoms with Gasteiger partial charge in [0, 0.05) is 18.0 Å². The third-order valence-corrected chi connectivity index (χ3v) is 3.94. The van der Waals surface area contributed by atoms with Crippen molar-refractivity contribution in [1.29, 1.82) is 0 Å². The van der Waals surface area contributed by atoms with Gasteiger partial charge in [-0.15, -0.1) is 0 Å². The second-order valence-electron chi connectivity index (χ2n) is 6.68. The lowest BCUT2D eigenvalue weighted by Crippen LogP contribution is -2.41. The Morgan fingerprint density at radius 2 is 1.79 bits per heavy atom. The fourth-order valence-electron chi connectivity index (χ4n) is 2.39. The van der Waals surface area contributed by atoms with E-state index in [-0.39, 0.29) is 17.7 Å². The summed E-state index contributed by atoms with van der Waals surface area (Å²) in [6.07, 6.45) is 2.31. The van der Waals surface area contributed by atoms with Crippen LogP contribution < -0.4 is 10.6 Å². The first-order valence-corrected chi connectivity index (χ1v) is 8.27. The van der Waals surface area contributed by atoms with Crippen LogP contribution in [-0.4, -0.2) is 28.9 Å². The molecule has 6 heteroatoms. The van der Waals surface area contributed by atoms with Crippen LogP contribution in [0.5, 0.6) is 0 Å². The maximum absolute atomic E-state index is 12.2. The van der Waals surface area contributed by atoms with E-state index in [0.717, 1.165) is 18.4 Å². The Labute approximate surface area is 141 Å². The van der Waals surface area contributed by atoms with Gasteiger partial charge < -0.3 is 15.7 Å². The van der Waals surface area contributed by atoms with Crippen LogP contribution in [0.1, 0.15) is 49.0 Å². The molecule has 24 heavy (non-hydrogen) atoms. The molecule has 1 unspecified atom stereocenters. The van der Waals surface area contributed by atoms with Gasteiger partial charge in [0.25, 0.3) is 5.91 Å². The highest BCUT2D eigenvalue weighted by atomic mass is 16.4. The zero-order chi connectivity index (χ0) is 17.7. The Morgan fingerprint density at radius 3 is 2.29 bits per heavy atom. The number of hydrogen-bond donors (Lipinski definition) is 3. The van der Waals surface area contributed by atoms with Crippen molar-refractivity contribution in [3.05, 3.63) is 35.4 Å². The third kappa shape index (κ3) is 5.37. The van der Waals surface area contributed by atoms with Gasteiger partial charge in [0.05, 0.1) is 0 Å². The molecule has 1 aromatic rings. The number of nitrogens with one attached hydrogen (secondary N) is 2. The molecule has 0 spiro atoms. The maximum atomic E-state index is 12.2. The molecule has 6 nitrogen and oxygen atoms in total. The van der Waals surface area contributed by atoms with Crippen molar-refractivity contribution >= 4 is 17.8 Å². The van der Waals surface area contributed by atoms with Crippen molar-refractivity contribution in [2.45, 2.75) is 45.7 Å². The van der Waals surface area contributed by atoms with Gasteiger partial charge in [0.15, 0.2) is 0 Å². The van der Waals surface area contributed by atoms with Gasteiger partial charge >= 0.3 is 5.97 Å². The van der Waals surface area contributed by atoms with Crippen LogP contribution in [-0.2, 0) is 16.1 Å². The fraction of sp³-hybridized carbons (Fsp3) is 0.500. The van der Waals surface area contributed by atoms with Crippen molar-refractivity contribution in [2.75, 3.05) is 0 Å². The van der Waals surface area contributed by atoms with Gasteiger partial charge in [-0.05, 0) is 42.9 Å². The van der Waals surface area contributed by atoms with Crippen LogP contribution in [0.3, 0.4) is 0 Å². The smallest absolute Gasteiger partial charge is 0.326 e. The largest absolute Gasteiger partial charge is 0.480 e. The summed E-state index contributed by atoms with van der Waals surface area (Å²) in [6, 6.07) is 5.92. The number of hydrogen-bond acceptors (Lipinski definition) is 3. The van der Waals surface area contributed by atoms with Crippen LogP contribution in [0.4, 0.5) is 0 Å². The van der Waals surface area contributed by atoms with Crippen LogP contribution in [0.2, 0.25) is 0 Å². The summed E-state index contributed by atoms with van der Waals surface area (Å²) in [5.74, 6) is -1.02. The Bertz CT molecular complexity index is 606. The van der Waals surface area contributed by atoms with Crippen LogP contribution >= 0.6 is 0 Å². The van der Waals surface area contributed by atoms with E-state index in [4.69, 9.17) is 0 Å². The molecule has 0 aromatic heterocycles. The predicted molar refractivity (Wildman–Crippen MR) is 89.4 cm³/mol. The minimum absolute atomic E-state index is 0.0785. The van der Waals surface area contributed by atoms with Crippen molar-refractivity contribution < 1.29 is 19.5 Å². The monoisotopic (exact) mass is 332 g/mol. The number of carbonyl (C=O) groups excluding carboxylic acids is 2. The first-order chi connectivity index (χ1) is 11.4. The Kier molecular flexibility index (Phi) is 5.95. The lowest BCUT2D eigenvalue weighted by Gasteiger charge is -2.16. The molecular weight excluding hydrogens is 308 g/mol. The molecule has 2 amide bonds. The summed E-state index contributed by atoms with van der Waals surface area (Å²) in [5, 5.41) is 14.6. The predicted octanol–water partition coefficient (Wildman–Crippen LogP) is 1.94. The van der Waals surface area contributed by atoms with Gasteiger partial charge in [0.2, 0.25) is 5.91 Å². The fourth-order valence-corrected chi connectivity index (χ4v) is 2.39. The van der Waals surface area contributed by atoms with Gasteiger partial charge in [-0.3, -0.25) is 9.59 Å². The first-order valence-electron chi connectivity index (χ1n) is 8.27. The van der Waals surface area contributed by atoms with E-state index >= 15 is 0 Å². The molecule has 1 saturated carbocycles. The van der Waals surface area contributed by atoms with Crippen molar-refractivity contribution in [1.82, 2.24) is 10.6 Å². The highest BCUT2D eigenvalue weighted by Gasteiger charge is 2.29. The molecule has 0 saturated heterocycles. The molecule has 3 N–H and O–H groups in total. The first kappa shape index (κ1) is 18.0. The SMILES string of the molecule is CC(C)CC(NC(=O)c1ccc(CNC(=O)C2CC2)cc1)C(=O)O. The van der Waals surface area contributed by atoms with Gasteiger partial charge in [-0.25, -0.2) is 4.79 Å². The van der Waals surface area contributed by atoms with E-state index in [2.05, 4.69) is 10.6 Å². The maximum Gasteiger partial charge on any atom is 0.326 e. The van der Waals surface area contributed by atoms with E-state index in [0.29, 0.717) is 18.5 Å². The number of rotatable bonds is 8. The van der Waals surface area contributed by atoms with Gasteiger partial charge in [0.1, 0.15) is 6.04 Å². The highest BCUT2D eigenvalue weighted by Crippen LogP contribution is 2.28. The molecular formula is C18H24N2O4. The average molecular weight is 332 g/mol. The number of aliphatic carboxylic acids is 1. The van der Waals surface area contributed by atoms with Crippen molar-refractivity contribution in [3.8, 4) is 0 Å². The van der Waals surface area contributed by atoms with Gasteiger partial charge in [-0.2, -0.15) is 0 Å². The normalized spacial score (nSPS) is 15.0. The number of carboxylic acids is 1. The minimum Gasteiger partial charge on any atom is -0.480 e. The summed E-state index contributed by atoms with van der Waals surface area (Å²) in [6.45, 7) is 4.25. The van der Waals surface area contributed by atoms with E-state index < -0.39 is 17.9 Å². The molecule has 1 aliphatic carbocycles. The van der Waals surface area contributed by atoms with Gasteiger partial charge in [-0.1, -0.05) is 26.0 Å². The van der Waals surface area contributed by atoms with E-state index in [1.807, 2.05) is 13.8 Å². The molecule has 0 bridgehead atoms. The molecule has 1 fully saturated rings. The van der Waals surface area contributed by atoms with E-state index in [1.165, 1.54) is 0 Å². The summed E-state index contributed by atoms with van der Waals surface area (Å²) in [5.41, 5.74) is 1.31. The number of carbonyl (C=O) groups is 3. The second kappa shape index (κ2) is 7.95. The summed E-state index contributed by atoms with van der Waals surface area (Å²) < 4.78 is 0. The summed E-state index contributed by atoms with van der Waals surface area (Å²) in [4.78, 5) is 35.0. The highest BCUT2D eigenvalue weighted by molar-refractivity contribution is 5.96. The quantitative estimate of drug-likeness (QED) is 0.678. The third-order valence-electron chi connectivity index (χ3n) is 3.94. The average Bonchev–Trinajstić information content (AvgIpc) is 3.36. The number of amides is 2. The summed E-state index contributed by atoms with van der Waals surface area (Å²) >= 11 is 0. The molecule has 1 atom stereocenters. The molecule has 0 aliphatic heterocycles. The lowest BCUT2D eigenvalue weighted by molar-refractivity contribution is -0.139. The zero-order valence-electron chi connectivity index (χ0n) is 14.0. The van der Waals surface area contributed by atoms with Crippen molar-refractivity contribution in [3.63, 3.8) is 0 Å². The second-order valence-corrected chi connectivity index (χ2v) is 6.68. The van der Waals surface area contributed by atoms with Crippen LogP contribution in [0.15, 0.2) is 24.3 Å². The van der Waals surface area contributed by atoms with Crippen molar-refractivity contribution in [2.24, 2.45) is 11.8 Å². The Hall–Kier alpha value is -2.37. The zero-order valence-corrected chi connectivity index (χ0v) is 14.0. The van der Waals surface area contributed by atoms with E-state index in [1.54, 1.807) is 24.3 Å². The minimum atomic E-state index is -1.03. The molecule has 2 rings (SSSR count). The molecule has 1 aliphatic rings. The lowest BCUT2D eigenvalue weighted by atomic mass is 10.0. The van der Waals surface area contributed by atoms with Crippen LogP contribution in [0.25, 0.3) is 0 Å². The Balaban J connectivity index is 1.89. The summed E-state index contributed by atoms with van der Waals surface area (Å²) in [7, 11) is 0. The topological polar surface area (TPSA) is 95.5 Å². The van der Waals surface area contributed by atoms with E-state index in [9.17, 15) is 19.5 Å². The molecule has 130 valence electrons.